The molecule has 0 saturated heterocycles. The molecule has 6 heteroatoms. The lowest BCUT2D eigenvalue weighted by Gasteiger charge is -2.53. The summed E-state index contributed by atoms with van der Waals surface area (Å²) in [6.45, 7) is 0. The number of carbonyl (C=O) groups is 1. The Morgan fingerprint density at radius 2 is 1.56 bits per heavy atom. The predicted molar refractivity (Wildman–Crippen MR) is 157 cm³/mol. The molecule has 5 aromatic rings. The van der Waals surface area contributed by atoms with Crippen LogP contribution in [-0.4, -0.2) is 15.9 Å². The molecule has 0 radical (unpaired) electrons. The molecule has 3 atom stereocenters. The van der Waals surface area contributed by atoms with Crippen molar-refractivity contribution in [3.05, 3.63) is 115 Å². The van der Waals surface area contributed by atoms with Crippen molar-refractivity contribution in [1.29, 1.82) is 0 Å². The molecule has 2 heterocycles. The Morgan fingerprint density at radius 3 is 2.36 bits per heavy atom. The van der Waals surface area contributed by atoms with Crippen molar-refractivity contribution in [2.45, 2.75) is 25.2 Å². The summed E-state index contributed by atoms with van der Waals surface area (Å²) in [7, 11) is 0. The summed E-state index contributed by atoms with van der Waals surface area (Å²) in [5, 5.41) is 11.0. The van der Waals surface area contributed by atoms with Gasteiger partial charge in [0.05, 0.1) is 5.52 Å². The van der Waals surface area contributed by atoms with Crippen molar-refractivity contribution in [2.24, 2.45) is 11.8 Å². The van der Waals surface area contributed by atoms with Gasteiger partial charge in [0.2, 0.25) is 0 Å². The average Bonchev–Trinajstić information content (AvgIpc) is 2.95. The van der Waals surface area contributed by atoms with E-state index in [-0.39, 0.29) is 5.91 Å². The minimum Gasteiger partial charge on any atom is -0.355 e. The van der Waals surface area contributed by atoms with Gasteiger partial charge in [0.25, 0.3) is 5.91 Å². The number of pyridine rings is 2. The molecule has 2 saturated carbocycles. The second-order valence-electron chi connectivity index (χ2n) is 10.6. The van der Waals surface area contributed by atoms with Gasteiger partial charge in [0, 0.05) is 58.0 Å². The molecule has 192 valence electrons. The SMILES string of the molecule is O=C(Nc1cccc(Nc2ccncc2)c1)c1cccc(Nc2ccnc3ccc(C4CC5CCC54)cc23)c1. The van der Waals surface area contributed by atoms with Gasteiger partial charge in [-0.05, 0) is 109 Å². The smallest absolute Gasteiger partial charge is 0.255 e. The van der Waals surface area contributed by atoms with Crippen molar-refractivity contribution >= 4 is 45.2 Å². The zero-order chi connectivity index (χ0) is 26.2. The van der Waals surface area contributed by atoms with Gasteiger partial charge < -0.3 is 16.0 Å². The van der Waals surface area contributed by atoms with Gasteiger partial charge in [0.1, 0.15) is 0 Å². The Hall–Kier alpha value is -4.71. The van der Waals surface area contributed by atoms with Crippen LogP contribution < -0.4 is 16.0 Å². The average molecular weight is 512 g/mol. The van der Waals surface area contributed by atoms with E-state index in [9.17, 15) is 4.79 Å². The van der Waals surface area contributed by atoms with Gasteiger partial charge in [-0.1, -0.05) is 18.2 Å². The maximum Gasteiger partial charge on any atom is 0.255 e. The van der Waals surface area contributed by atoms with Crippen LogP contribution in [0.1, 0.15) is 41.1 Å². The number of nitrogens with zero attached hydrogens (tertiary/aromatic N) is 2. The van der Waals surface area contributed by atoms with E-state index < -0.39 is 0 Å². The summed E-state index contributed by atoms with van der Waals surface area (Å²) in [5.41, 5.74) is 7.37. The summed E-state index contributed by atoms with van der Waals surface area (Å²) in [6, 6.07) is 27.8. The standard InChI is InChI=1S/C33H29N5O/c39-33(38-27-6-2-5-26(20-27)36-24-11-14-34-15-12-24)23-3-1-4-25(17-23)37-32-13-16-35-31-10-8-22(19-30(31)32)29-18-21-7-9-28(21)29/h1-6,8,10-17,19-21,28-29H,7,9,18H2,(H,34,36)(H,35,37)(H,38,39). The van der Waals surface area contributed by atoms with Crippen molar-refractivity contribution in [3.8, 4) is 0 Å². The highest BCUT2D eigenvalue weighted by molar-refractivity contribution is 6.05. The third-order valence-electron chi connectivity index (χ3n) is 8.24. The van der Waals surface area contributed by atoms with Crippen molar-refractivity contribution in [2.75, 3.05) is 16.0 Å². The van der Waals surface area contributed by atoms with E-state index in [2.05, 4.69) is 44.1 Å². The number of anilines is 5. The van der Waals surface area contributed by atoms with Gasteiger partial charge in [-0.25, -0.2) is 0 Å². The molecule has 7 rings (SSSR count). The monoisotopic (exact) mass is 511 g/mol. The molecule has 39 heavy (non-hydrogen) atoms. The Kier molecular flexibility index (Phi) is 5.93. The van der Waals surface area contributed by atoms with Crippen LogP contribution in [0.25, 0.3) is 10.9 Å². The van der Waals surface area contributed by atoms with Gasteiger partial charge in [-0.2, -0.15) is 0 Å². The van der Waals surface area contributed by atoms with Crippen LogP contribution in [-0.2, 0) is 0 Å². The number of benzene rings is 3. The van der Waals surface area contributed by atoms with Crippen LogP contribution in [0.4, 0.5) is 28.4 Å². The van der Waals surface area contributed by atoms with Crippen molar-refractivity contribution in [1.82, 2.24) is 9.97 Å². The first-order valence-corrected chi connectivity index (χ1v) is 13.5. The molecule has 0 bridgehead atoms. The zero-order valence-electron chi connectivity index (χ0n) is 21.5. The number of nitrogens with one attached hydrogen (secondary N) is 3. The molecule has 3 unspecified atom stereocenters. The van der Waals surface area contributed by atoms with Crippen molar-refractivity contribution < 1.29 is 4.79 Å². The fraction of sp³-hybridized carbons (Fsp3) is 0.182. The fourth-order valence-corrected chi connectivity index (χ4v) is 5.98. The highest BCUT2D eigenvalue weighted by atomic mass is 16.1. The first-order chi connectivity index (χ1) is 19.2. The molecule has 1 amide bonds. The maximum atomic E-state index is 13.1. The number of aromatic nitrogens is 2. The Morgan fingerprint density at radius 1 is 0.744 bits per heavy atom. The van der Waals surface area contributed by atoms with Gasteiger partial charge in [-0.3, -0.25) is 14.8 Å². The molecule has 0 aliphatic heterocycles. The number of hydrogen-bond donors (Lipinski definition) is 3. The highest BCUT2D eigenvalue weighted by Crippen LogP contribution is 2.58. The molecule has 3 aromatic carbocycles. The van der Waals surface area contributed by atoms with Crippen LogP contribution in [0.2, 0.25) is 0 Å². The summed E-state index contributed by atoms with van der Waals surface area (Å²) >= 11 is 0. The number of amides is 1. The van der Waals surface area contributed by atoms with Gasteiger partial charge in [-0.15, -0.1) is 0 Å². The quantitative estimate of drug-likeness (QED) is 0.207. The molecule has 3 N–H and O–H groups in total. The summed E-state index contributed by atoms with van der Waals surface area (Å²) in [6.07, 6.45) is 9.39. The molecule has 2 aliphatic carbocycles. The molecular formula is C33H29N5O. The number of carbonyl (C=O) groups excluding carboxylic acids is 1. The highest BCUT2D eigenvalue weighted by Gasteiger charge is 2.47. The number of hydrogen-bond acceptors (Lipinski definition) is 5. The minimum absolute atomic E-state index is 0.165. The van der Waals surface area contributed by atoms with E-state index >= 15 is 0 Å². The minimum atomic E-state index is -0.165. The molecule has 2 aliphatic rings. The van der Waals surface area contributed by atoms with Crippen LogP contribution in [0, 0.1) is 11.8 Å². The summed E-state index contributed by atoms with van der Waals surface area (Å²) < 4.78 is 0. The Bertz CT molecular complexity index is 1670. The normalized spacial score (nSPS) is 19.3. The fourth-order valence-electron chi connectivity index (χ4n) is 5.98. The molecule has 2 aromatic heterocycles. The van der Waals surface area contributed by atoms with Gasteiger partial charge >= 0.3 is 0 Å². The lowest BCUT2D eigenvalue weighted by atomic mass is 9.51. The number of rotatable bonds is 7. The lowest BCUT2D eigenvalue weighted by molar-refractivity contribution is 0.0216. The van der Waals surface area contributed by atoms with E-state index in [1.165, 1.54) is 24.8 Å². The maximum absolute atomic E-state index is 13.1. The van der Waals surface area contributed by atoms with Gasteiger partial charge in [0.15, 0.2) is 0 Å². The summed E-state index contributed by atoms with van der Waals surface area (Å²) in [5.74, 6) is 2.34. The van der Waals surface area contributed by atoms with E-state index in [1.54, 1.807) is 12.4 Å². The van der Waals surface area contributed by atoms with E-state index in [0.29, 0.717) is 11.5 Å². The Balaban J connectivity index is 1.08. The first-order valence-electron chi connectivity index (χ1n) is 13.5. The molecule has 2 fully saturated rings. The lowest BCUT2D eigenvalue weighted by Crippen LogP contribution is -2.42. The van der Waals surface area contributed by atoms with Crippen LogP contribution in [0.15, 0.2) is 104 Å². The van der Waals surface area contributed by atoms with E-state index in [0.717, 1.165) is 51.2 Å². The molecule has 0 spiro atoms. The zero-order valence-corrected chi connectivity index (χ0v) is 21.5. The molecule has 6 nitrogen and oxygen atoms in total. The first kappa shape index (κ1) is 23.4. The third kappa shape index (κ3) is 4.70. The van der Waals surface area contributed by atoms with Crippen LogP contribution >= 0.6 is 0 Å². The van der Waals surface area contributed by atoms with Crippen LogP contribution in [0.5, 0.6) is 0 Å². The number of fused-ring (bicyclic) bond motifs is 2. The second kappa shape index (κ2) is 9.87. The van der Waals surface area contributed by atoms with Crippen LogP contribution in [0.3, 0.4) is 0 Å². The van der Waals surface area contributed by atoms with E-state index in [1.807, 2.05) is 72.9 Å². The third-order valence-corrected chi connectivity index (χ3v) is 8.24. The van der Waals surface area contributed by atoms with E-state index in [4.69, 9.17) is 0 Å². The largest absolute Gasteiger partial charge is 0.355 e. The topological polar surface area (TPSA) is 78.9 Å². The summed E-state index contributed by atoms with van der Waals surface area (Å²) in [4.78, 5) is 21.8. The Labute approximate surface area is 227 Å². The molecular weight excluding hydrogens is 482 g/mol. The predicted octanol–water partition coefficient (Wildman–Crippen LogP) is 7.88. The van der Waals surface area contributed by atoms with Crippen molar-refractivity contribution in [3.63, 3.8) is 0 Å². The second-order valence-corrected chi connectivity index (χ2v) is 10.6.